The molecular weight excluding hydrogens is 288 g/mol. The van der Waals surface area contributed by atoms with Gasteiger partial charge in [-0.2, -0.15) is 5.10 Å². The minimum absolute atomic E-state index is 0.228. The van der Waals surface area contributed by atoms with E-state index in [4.69, 9.17) is 0 Å². The summed E-state index contributed by atoms with van der Waals surface area (Å²) in [6.45, 7) is 1.64. The van der Waals surface area contributed by atoms with Gasteiger partial charge in [0, 0.05) is 17.0 Å². The molecule has 0 bridgehead atoms. The third-order valence-electron chi connectivity index (χ3n) is 3.50. The number of nitrogens with one attached hydrogen (secondary N) is 2. The van der Waals surface area contributed by atoms with E-state index in [-0.39, 0.29) is 11.5 Å². The van der Waals surface area contributed by atoms with Crippen molar-refractivity contribution in [2.45, 2.75) is 13.0 Å². The van der Waals surface area contributed by atoms with E-state index in [2.05, 4.69) is 15.5 Å². The van der Waals surface area contributed by atoms with Gasteiger partial charge in [-0.15, -0.1) is 0 Å². The van der Waals surface area contributed by atoms with Crippen LogP contribution in [0.5, 0.6) is 0 Å². The van der Waals surface area contributed by atoms with Gasteiger partial charge in [-0.1, -0.05) is 18.2 Å². The quantitative estimate of drug-likeness (QED) is 0.779. The van der Waals surface area contributed by atoms with E-state index in [1.807, 2.05) is 6.07 Å². The van der Waals surface area contributed by atoms with Crippen LogP contribution in [0.25, 0.3) is 10.9 Å². The molecule has 0 unspecified atom stereocenters. The Labute approximate surface area is 125 Å². The van der Waals surface area contributed by atoms with E-state index in [0.717, 1.165) is 17.5 Å². The Bertz CT molecular complexity index is 844. The highest BCUT2D eigenvalue weighted by atomic mass is 19.1. The number of nitrogens with zero attached hydrogens (tertiary/aromatic N) is 1. The van der Waals surface area contributed by atoms with Gasteiger partial charge < -0.3 is 5.32 Å². The molecule has 112 valence electrons. The van der Waals surface area contributed by atoms with Gasteiger partial charge in [-0.25, -0.2) is 8.78 Å². The highest BCUT2D eigenvalue weighted by Gasteiger charge is 2.17. The molecule has 3 rings (SSSR count). The van der Waals surface area contributed by atoms with Crippen molar-refractivity contribution in [1.82, 2.24) is 15.5 Å². The molecular formula is C16H13F2N3O. The number of aromatic nitrogens is 2. The molecule has 0 spiro atoms. The van der Waals surface area contributed by atoms with E-state index in [1.54, 1.807) is 25.3 Å². The SMILES string of the molecule is C[C@@H](NC(=O)c1cccc2cn[nH]c12)c1ccc(F)cc1F. The Morgan fingerprint density at radius 1 is 1.27 bits per heavy atom. The van der Waals surface area contributed by atoms with Gasteiger partial charge in [0.1, 0.15) is 11.6 Å². The highest BCUT2D eigenvalue weighted by Crippen LogP contribution is 2.20. The van der Waals surface area contributed by atoms with Crippen LogP contribution in [0.2, 0.25) is 0 Å². The van der Waals surface area contributed by atoms with Crippen LogP contribution in [0.1, 0.15) is 28.9 Å². The van der Waals surface area contributed by atoms with Crippen LogP contribution in [0, 0.1) is 11.6 Å². The lowest BCUT2D eigenvalue weighted by Crippen LogP contribution is -2.27. The maximum Gasteiger partial charge on any atom is 0.253 e. The van der Waals surface area contributed by atoms with Crippen LogP contribution >= 0.6 is 0 Å². The first-order chi connectivity index (χ1) is 10.6. The molecule has 0 aliphatic heterocycles. The van der Waals surface area contributed by atoms with E-state index in [0.29, 0.717) is 11.1 Å². The molecule has 0 fully saturated rings. The van der Waals surface area contributed by atoms with Crippen molar-refractivity contribution in [1.29, 1.82) is 0 Å². The molecule has 1 heterocycles. The summed E-state index contributed by atoms with van der Waals surface area (Å²) in [5.41, 5.74) is 1.27. The minimum Gasteiger partial charge on any atom is -0.345 e. The van der Waals surface area contributed by atoms with Crippen molar-refractivity contribution in [3.8, 4) is 0 Å². The van der Waals surface area contributed by atoms with Gasteiger partial charge >= 0.3 is 0 Å². The number of para-hydroxylation sites is 1. The maximum absolute atomic E-state index is 13.7. The summed E-state index contributed by atoms with van der Waals surface area (Å²) in [5.74, 6) is -1.69. The third-order valence-corrected chi connectivity index (χ3v) is 3.50. The van der Waals surface area contributed by atoms with Crippen LogP contribution < -0.4 is 5.32 Å². The Hall–Kier alpha value is -2.76. The second-order valence-electron chi connectivity index (χ2n) is 5.00. The number of carbonyl (C=O) groups is 1. The fourth-order valence-corrected chi connectivity index (χ4v) is 2.36. The van der Waals surface area contributed by atoms with Crippen molar-refractivity contribution in [2.75, 3.05) is 0 Å². The molecule has 1 aromatic heterocycles. The molecule has 0 radical (unpaired) electrons. The van der Waals surface area contributed by atoms with Crippen molar-refractivity contribution in [3.05, 3.63) is 65.4 Å². The lowest BCUT2D eigenvalue weighted by molar-refractivity contribution is 0.0941. The molecule has 6 heteroatoms. The van der Waals surface area contributed by atoms with Gasteiger partial charge in [0.25, 0.3) is 5.91 Å². The molecule has 4 nitrogen and oxygen atoms in total. The number of hydrogen-bond donors (Lipinski definition) is 2. The Balaban J connectivity index is 1.86. The zero-order valence-electron chi connectivity index (χ0n) is 11.7. The second kappa shape index (κ2) is 5.55. The molecule has 0 saturated carbocycles. The first kappa shape index (κ1) is 14.2. The summed E-state index contributed by atoms with van der Waals surface area (Å²) in [6, 6.07) is 7.93. The molecule has 0 saturated heterocycles. The van der Waals surface area contributed by atoms with Crippen molar-refractivity contribution >= 4 is 16.8 Å². The number of fused-ring (bicyclic) bond motifs is 1. The van der Waals surface area contributed by atoms with Crippen LogP contribution in [0.4, 0.5) is 8.78 Å². The van der Waals surface area contributed by atoms with E-state index in [9.17, 15) is 13.6 Å². The van der Waals surface area contributed by atoms with Gasteiger partial charge in [-0.05, 0) is 19.1 Å². The summed E-state index contributed by atoms with van der Waals surface area (Å²) >= 11 is 0. The largest absolute Gasteiger partial charge is 0.345 e. The second-order valence-corrected chi connectivity index (χ2v) is 5.00. The predicted molar refractivity (Wildman–Crippen MR) is 78.3 cm³/mol. The normalized spacial score (nSPS) is 12.3. The zero-order chi connectivity index (χ0) is 15.7. The highest BCUT2D eigenvalue weighted by molar-refractivity contribution is 6.05. The van der Waals surface area contributed by atoms with Crippen molar-refractivity contribution in [3.63, 3.8) is 0 Å². The number of carbonyl (C=O) groups excluding carboxylic acids is 1. The average molecular weight is 301 g/mol. The summed E-state index contributed by atoms with van der Waals surface area (Å²) in [4.78, 5) is 12.4. The monoisotopic (exact) mass is 301 g/mol. The maximum atomic E-state index is 13.7. The van der Waals surface area contributed by atoms with Crippen LogP contribution in [0.15, 0.2) is 42.6 Å². The van der Waals surface area contributed by atoms with Crippen LogP contribution in [-0.2, 0) is 0 Å². The molecule has 0 aliphatic carbocycles. The minimum atomic E-state index is -0.687. The number of H-pyrrole nitrogens is 1. The van der Waals surface area contributed by atoms with Gasteiger partial charge in [-0.3, -0.25) is 9.89 Å². The van der Waals surface area contributed by atoms with Crippen LogP contribution in [-0.4, -0.2) is 16.1 Å². The standard InChI is InChI=1S/C16H13F2N3O/c1-9(12-6-5-11(17)7-14(12)18)20-16(22)13-4-2-3-10-8-19-21-15(10)13/h2-9H,1H3,(H,19,21)(H,20,22)/t9-/m1/s1. The molecule has 2 N–H and O–H groups in total. The Kier molecular flexibility index (Phi) is 3.58. The van der Waals surface area contributed by atoms with Crippen LogP contribution in [0.3, 0.4) is 0 Å². The lowest BCUT2D eigenvalue weighted by atomic mass is 10.1. The Morgan fingerprint density at radius 3 is 2.86 bits per heavy atom. The first-order valence-corrected chi connectivity index (χ1v) is 6.74. The smallest absolute Gasteiger partial charge is 0.253 e. The summed E-state index contributed by atoms with van der Waals surface area (Å²) < 4.78 is 26.7. The number of halogens is 2. The number of benzene rings is 2. The molecule has 1 amide bonds. The molecule has 3 aromatic rings. The lowest BCUT2D eigenvalue weighted by Gasteiger charge is -2.15. The average Bonchev–Trinajstić information content (AvgIpc) is 2.95. The third kappa shape index (κ3) is 2.55. The molecule has 0 aliphatic rings. The van der Waals surface area contributed by atoms with E-state index in [1.165, 1.54) is 6.07 Å². The number of rotatable bonds is 3. The Morgan fingerprint density at radius 2 is 2.09 bits per heavy atom. The summed E-state index contributed by atoms with van der Waals surface area (Å²) in [6.07, 6.45) is 1.62. The number of amides is 1. The number of hydrogen-bond acceptors (Lipinski definition) is 2. The molecule has 1 atom stereocenters. The van der Waals surface area contributed by atoms with E-state index < -0.39 is 17.7 Å². The fraction of sp³-hybridized carbons (Fsp3) is 0.125. The topological polar surface area (TPSA) is 57.8 Å². The zero-order valence-corrected chi connectivity index (χ0v) is 11.7. The van der Waals surface area contributed by atoms with Gasteiger partial charge in [0.2, 0.25) is 0 Å². The van der Waals surface area contributed by atoms with Gasteiger partial charge in [0.05, 0.1) is 23.3 Å². The van der Waals surface area contributed by atoms with Crippen molar-refractivity contribution < 1.29 is 13.6 Å². The summed E-state index contributed by atoms with van der Waals surface area (Å²) in [7, 11) is 0. The van der Waals surface area contributed by atoms with E-state index >= 15 is 0 Å². The van der Waals surface area contributed by atoms with Gasteiger partial charge in [0.15, 0.2) is 0 Å². The summed E-state index contributed by atoms with van der Waals surface area (Å²) in [5, 5.41) is 10.2. The fourth-order valence-electron chi connectivity index (χ4n) is 2.36. The predicted octanol–water partition coefficient (Wildman–Crippen LogP) is 3.33. The number of aromatic amines is 1. The van der Waals surface area contributed by atoms with Crippen molar-refractivity contribution in [2.24, 2.45) is 0 Å². The molecule has 2 aromatic carbocycles. The molecule has 22 heavy (non-hydrogen) atoms. The first-order valence-electron chi connectivity index (χ1n) is 6.74.